The van der Waals surface area contributed by atoms with Crippen LogP contribution in [-0.4, -0.2) is 23.4 Å². The molecule has 20 heavy (non-hydrogen) atoms. The summed E-state index contributed by atoms with van der Waals surface area (Å²) in [6.45, 7) is 0.434. The number of aromatic nitrogens is 1. The number of carbonyl (C=O) groups is 1. The summed E-state index contributed by atoms with van der Waals surface area (Å²) in [5.74, 6) is 0.181. The molecule has 0 bridgehead atoms. The predicted octanol–water partition coefficient (Wildman–Crippen LogP) is 2.05. The highest BCUT2D eigenvalue weighted by Gasteiger charge is 2.12. The van der Waals surface area contributed by atoms with E-state index >= 15 is 0 Å². The maximum absolute atomic E-state index is 13.3. The standard InChI is InChI=1S/C13H13FN2O3S/c14-10-3-1-2-4-12(10)18-8-9-7-11(16-19-9)13(17)15-5-6-20/h1-4,7,20H,5-6,8H2,(H,15,17). The molecular weight excluding hydrogens is 283 g/mol. The van der Waals surface area contributed by atoms with Crippen molar-refractivity contribution < 1.29 is 18.4 Å². The lowest BCUT2D eigenvalue weighted by Crippen LogP contribution is -2.25. The number of hydrogen-bond acceptors (Lipinski definition) is 5. The van der Waals surface area contributed by atoms with Crippen molar-refractivity contribution in [1.82, 2.24) is 10.5 Å². The molecule has 0 radical (unpaired) electrons. The predicted molar refractivity (Wildman–Crippen MR) is 73.4 cm³/mol. The van der Waals surface area contributed by atoms with Crippen LogP contribution in [0.3, 0.4) is 0 Å². The van der Waals surface area contributed by atoms with E-state index in [2.05, 4.69) is 23.1 Å². The third-order valence-corrected chi connectivity index (χ3v) is 2.62. The van der Waals surface area contributed by atoms with E-state index < -0.39 is 5.82 Å². The Morgan fingerprint density at radius 3 is 3.00 bits per heavy atom. The molecule has 2 aromatic rings. The topological polar surface area (TPSA) is 64.4 Å². The number of carbonyl (C=O) groups excluding carboxylic acids is 1. The Labute approximate surface area is 120 Å². The largest absolute Gasteiger partial charge is 0.482 e. The molecule has 0 atom stereocenters. The van der Waals surface area contributed by atoms with Gasteiger partial charge in [-0.05, 0) is 12.1 Å². The summed E-state index contributed by atoms with van der Waals surface area (Å²) >= 11 is 3.98. The van der Waals surface area contributed by atoms with Gasteiger partial charge < -0.3 is 14.6 Å². The fourth-order valence-electron chi connectivity index (χ4n) is 1.46. The molecule has 106 valence electrons. The second kappa shape index (κ2) is 6.95. The SMILES string of the molecule is O=C(NCCS)c1cc(COc2ccccc2F)on1. The molecule has 0 spiro atoms. The third-order valence-electron chi connectivity index (χ3n) is 2.40. The van der Waals surface area contributed by atoms with Gasteiger partial charge in [0.1, 0.15) is 6.61 Å². The number of amides is 1. The second-order valence-electron chi connectivity index (χ2n) is 3.88. The van der Waals surface area contributed by atoms with E-state index in [9.17, 15) is 9.18 Å². The van der Waals surface area contributed by atoms with Crippen molar-refractivity contribution >= 4 is 18.5 Å². The third kappa shape index (κ3) is 3.74. The van der Waals surface area contributed by atoms with Crippen molar-refractivity contribution in [2.75, 3.05) is 12.3 Å². The Hall–Kier alpha value is -2.02. The highest BCUT2D eigenvalue weighted by molar-refractivity contribution is 7.80. The van der Waals surface area contributed by atoms with Gasteiger partial charge in [-0.3, -0.25) is 4.79 Å². The van der Waals surface area contributed by atoms with Crippen molar-refractivity contribution in [1.29, 1.82) is 0 Å². The smallest absolute Gasteiger partial charge is 0.273 e. The van der Waals surface area contributed by atoms with Gasteiger partial charge >= 0.3 is 0 Å². The van der Waals surface area contributed by atoms with Gasteiger partial charge in [0.25, 0.3) is 5.91 Å². The average Bonchev–Trinajstić information content (AvgIpc) is 2.93. The average molecular weight is 296 g/mol. The molecule has 7 heteroatoms. The van der Waals surface area contributed by atoms with Crippen LogP contribution in [0.15, 0.2) is 34.9 Å². The normalized spacial score (nSPS) is 10.3. The van der Waals surface area contributed by atoms with E-state index in [1.165, 1.54) is 18.2 Å². The minimum Gasteiger partial charge on any atom is -0.482 e. The first-order chi connectivity index (χ1) is 9.70. The van der Waals surface area contributed by atoms with Crippen LogP contribution in [0, 0.1) is 5.82 Å². The van der Waals surface area contributed by atoms with Gasteiger partial charge in [-0.1, -0.05) is 17.3 Å². The maximum Gasteiger partial charge on any atom is 0.273 e. The van der Waals surface area contributed by atoms with E-state index in [0.717, 1.165) is 0 Å². The van der Waals surface area contributed by atoms with Crippen molar-refractivity contribution in [2.24, 2.45) is 0 Å². The molecule has 1 N–H and O–H groups in total. The monoisotopic (exact) mass is 296 g/mol. The Morgan fingerprint density at radius 1 is 1.45 bits per heavy atom. The van der Waals surface area contributed by atoms with Crippen LogP contribution in [0.1, 0.15) is 16.2 Å². The van der Waals surface area contributed by atoms with Gasteiger partial charge in [0.2, 0.25) is 0 Å². The molecule has 2 rings (SSSR count). The number of benzene rings is 1. The van der Waals surface area contributed by atoms with E-state index in [4.69, 9.17) is 9.26 Å². The summed E-state index contributed by atoms with van der Waals surface area (Å²) < 4.78 is 23.5. The zero-order valence-corrected chi connectivity index (χ0v) is 11.4. The molecule has 1 aromatic heterocycles. The van der Waals surface area contributed by atoms with Crippen LogP contribution in [0.4, 0.5) is 4.39 Å². The number of hydrogen-bond donors (Lipinski definition) is 2. The van der Waals surface area contributed by atoms with Gasteiger partial charge in [-0.2, -0.15) is 12.6 Å². The zero-order valence-electron chi connectivity index (χ0n) is 10.5. The first kappa shape index (κ1) is 14.4. The van der Waals surface area contributed by atoms with Gasteiger partial charge in [0, 0.05) is 18.4 Å². The van der Waals surface area contributed by atoms with Crippen LogP contribution in [-0.2, 0) is 6.61 Å². The number of nitrogens with one attached hydrogen (secondary N) is 1. The number of rotatable bonds is 6. The summed E-state index contributed by atoms with van der Waals surface area (Å²) in [4.78, 5) is 11.6. The fraction of sp³-hybridized carbons (Fsp3) is 0.231. The molecule has 0 unspecified atom stereocenters. The van der Waals surface area contributed by atoms with Crippen molar-refractivity contribution in [3.8, 4) is 5.75 Å². The number of nitrogens with zero attached hydrogens (tertiary/aromatic N) is 1. The molecule has 0 aliphatic carbocycles. The highest BCUT2D eigenvalue weighted by atomic mass is 32.1. The van der Waals surface area contributed by atoms with Crippen LogP contribution in [0.5, 0.6) is 5.75 Å². The van der Waals surface area contributed by atoms with Gasteiger partial charge in [-0.25, -0.2) is 4.39 Å². The number of para-hydroxylation sites is 1. The molecule has 1 aromatic carbocycles. The maximum atomic E-state index is 13.3. The van der Waals surface area contributed by atoms with Crippen molar-refractivity contribution in [3.63, 3.8) is 0 Å². The summed E-state index contributed by atoms with van der Waals surface area (Å²) in [6.07, 6.45) is 0. The molecule has 1 amide bonds. The van der Waals surface area contributed by atoms with Crippen molar-refractivity contribution in [3.05, 3.63) is 47.6 Å². The van der Waals surface area contributed by atoms with Crippen LogP contribution in [0.2, 0.25) is 0 Å². The van der Waals surface area contributed by atoms with Crippen molar-refractivity contribution in [2.45, 2.75) is 6.61 Å². The minimum atomic E-state index is -0.459. The van der Waals surface area contributed by atoms with Gasteiger partial charge in [0.05, 0.1) is 0 Å². The van der Waals surface area contributed by atoms with Crippen LogP contribution in [0.25, 0.3) is 0 Å². The van der Waals surface area contributed by atoms with Crippen LogP contribution >= 0.6 is 12.6 Å². The fourth-order valence-corrected chi connectivity index (χ4v) is 1.57. The molecule has 0 saturated carbocycles. The van der Waals surface area contributed by atoms with Gasteiger partial charge in [-0.15, -0.1) is 0 Å². The van der Waals surface area contributed by atoms with E-state index in [1.807, 2.05) is 0 Å². The number of ether oxygens (including phenoxy) is 1. The Bertz CT molecular complexity index is 589. The lowest BCUT2D eigenvalue weighted by atomic mass is 10.3. The quantitative estimate of drug-likeness (QED) is 0.801. The summed E-state index contributed by atoms with van der Waals surface area (Å²) in [6, 6.07) is 7.49. The van der Waals surface area contributed by atoms with Gasteiger partial charge in [0.15, 0.2) is 23.0 Å². The minimum absolute atomic E-state index is 0.00617. The lowest BCUT2D eigenvalue weighted by Gasteiger charge is -2.03. The molecule has 0 aliphatic rings. The Kier molecular flexibility index (Phi) is 5.00. The highest BCUT2D eigenvalue weighted by Crippen LogP contribution is 2.17. The van der Waals surface area contributed by atoms with E-state index in [-0.39, 0.29) is 24.0 Å². The molecule has 0 saturated heterocycles. The van der Waals surface area contributed by atoms with Crippen LogP contribution < -0.4 is 10.1 Å². The molecule has 0 aliphatic heterocycles. The Balaban J connectivity index is 1.93. The summed E-state index contributed by atoms with van der Waals surface area (Å²) in [5, 5.41) is 6.22. The second-order valence-corrected chi connectivity index (χ2v) is 4.32. The first-order valence-electron chi connectivity index (χ1n) is 5.92. The first-order valence-corrected chi connectivity index (χ1v) is 6.56. The molecule has 0 fully saturated rings. The molecule has 1 heterocycles. The molecular formula is C13H13FN2O3S. The van der Waals surface area contributed by atoms with E-state index in [0.29, 0.717) is 18.1 Å². The Morgan fingerprint density at radius 2 is 2.25 bits per heavy atom. The number of thiol groups is 1. The van der Waals surface area contributed by atoms with E-state index in [1.54, 1.807) is 12.1 Å². The zero-order chi connectivity index (χ0) is 14.4. The summed E-state index contributed by atoms with van der Waals surface area (Å²) in [5.41, 5.74) is 0.152. The molecule has 5 nitrogen and oxygen atoms in total. The number of halogens is 1. The lowest BCUT2D eigenvalue weighted by molar-refractivity contribution is 0.0947. The summed E-state index contributed by atoms with van der Waals surface area (Å²) in [7, 11) is 0.